The van der Waals surface area contributed by atoms with Gasteiger partial charge in [-0.15, -0.1) is 0 Å². The second-order valence-electron chi connectivity index (χ2n) is 4.54. The molecule has 0 amide bonds. The maximum absolute atomic E-state index is 12.4. The summed E-state index contributed by atoms with van der Waals surface area (Å²) in [6.07, 6.45) is 2.64. The van der Waals surface area contributed by atoms with Gasteiger partial charge in [-0.3, -0.25) is 4.79 Å². The molecule has 0 aromatic heterocycles. The summed E-state index contributed by atoms with van der Waals surface area (Å²) in [7, 11) is -1.79. The van der Waals surface area contributed by atoms with Crippen molar-refractivity contribution in [2.75, 3.05) is 19.9 Å². The van der Waals surface area contributed by atoms with Gasteiger partial charge >= 0.3 is 13.6 Å². The molecule has 1 aromatic carbocycles. The molecule has 0 radical (unpaired) electrons. The fourth-order valence-electron chi connectivity index (χ4n) is 1.56. The van der Waals surface area contributed by atoms with Crippen molar-refractivity contribution in [3.8, 4) is 5.75 Å². The third-order valence-corrected chi connectivity index (χ3v) is 4.52. The number of ether oxygens (including phenoxy) is 1. The molecular weight excluding hydrogens is 291 g/mol. The minimum atomic E-state index is -3.17. The van der Waals surface area contributed by atoms with E-state index in [4.69, 9.17) is 13.8 Å². The second kappa shape index (κ2) is 8.65. The predicted molar refractivity (Wildman–Crippen MR) is 81.6 cm³/mol. The Balaban J connectivity index is 2.51. The van der Waals surface area contributed by atoms with Gasteiger partial charge in [0.1, 0.15) is 12.4 Å². The van der Waals surface area contributed by atoms with Crippen molar-refractivity contribution in [1.29, 1.82) is 0 Å². The first-order chi connectivity index (χ1) is 9.95. The zero-order valence-electron chi connectivity index (χ0n) is 12.6. The summed E-state index contributed by atoms with van der Waals surface area (Å²) in [6, 6.07) is 8.92. The van der Waals surface area contributed by atoms with Crippen LogP contribution in [0.15, 0.2) is 42.0 Å². The molecule has 1 rings (SSSR count). The average Bonchev–Trinajstić information content (AvgIpc) is 2.46. The van der Waals surface area contributed by atoms with Gasteiger partial charge in [0.2, 0.25) is 0 Å². The maximum atomic E-state index is 12.4. The molecular formula is C15H21O5P. The van der Waals surface area contributed by atoms with Crippen LogP contribution < -0.4 is 4.52 Å². The molecule has 0 aliphatic carbocycles. The molecule has 5 nitrogen and oxygen atoms in total. The van der Waals surface area contributed by atoms with E-state index in [0.717, 1.165) is 5.57 Å². The number of carbonyl (C=O) groups is 1. The Morgan fingerprint density at radius 1 is 1.24 bits per heavy atom. The summed E-state index contributed by atoms with van der Waals surface area (Å²) in [6.45, 7) is 3.45. The van der Waals surface area contributed by atoms with Crippen LogP contribution in [0, 0.1) is 0 Å². The number of esters is 1. The molecule has 0 bridgehead atoms. The maximum Gasteiger partial charge on any atom is 0.379 e. The highest BCUT2D eigenvalue weighted by molar-refractivity contribution is 7.54. The summed E-state index contributed by atoms with van der Waals surface area (Å²) in [4.78, 5) is 10.7. The van der Waals surface area contributed by atoms with Crippen molar-refractivity contribution in [2.24, 2.45) is 0 Å². The largest absolute Gasteiger partial charge is 0.461 e. The van der Waals surface area contributed by atoms with Gasteiger partial charge in [-0.25, -0.2) is 4.57 Å². The molecule has 0 spiro atoms. The van der Waals surface area contributed by atoms with E-state index in [1.54, 1.807) is 24.3 Å². The van der Waals surface area contributed by atoms with Gasteiger partial charge in [0.25, 0.3) is 0 Å². The van der Waals surface area contributed by atoms with Crippen LogP contribution in [0.25, 0.3) is 0 Å². The first-order valence-electron chi connectivity index (χ1n) is 6.63. The Hall–Kier alpha value is -1.58. The number of para-hydroxylation sites is 1. The van der Waals surface area contributed by atoms with Crippen LogP contribution in [0.5, 0.6) is 5.75 Å². The van der Waals surface area contributed by atoms with Crippen LogP contribution >= 0.6 is 7.60 Å². The van der Waals surface area contributed by atoms with Gasteiger partial charge in [0.15, 0.2) is 0 Å². The Morgan fingerprint density at radius 3 is 2.48 bits per heavy atom. The number of hydrogen-bond donors (Lipinski definition) is 0. The Morgan fingerprint density at radius 2 is 1.90 bits per heavy atom. The van der Waals surface area contributed by atoms with E-state index < -0.39 is 7.60 Å². The van der Waals surface area contributed by atoms with Gasteiger partial charge in [-0.2, -0.15) is 0 Å². The minimum Gasteiger partial charge on any atom is -0.461 e. The molecule has 0 N–H and O–H groups in total. The lowest BCUT2D eigenvalue weighted by Crippen LogP contribution is -2.02. The molecule has 0 fully saturated rings. The van der Waals surface area contributed by atoms with E-state index in [2.05, 4.69) is 0 Å². The summed E-state index contributed by atoms with van der Waals surface area (Å²) in [5.41, 5.74) is 0.896. The predicted octanol–water partition coefficient (Wildman–Crippen LogP) is 3.80. The standard InChI is InChI=1S/C15H21O5P/c1-13(12-19-14(2)16)8-7-11-21(17,18-3)20-15-9-5-4-6-10-15/h4-6,8-10H,7,11-12H2,1-3H3/b13-8+. The number of benzene rings is 1. The van der Waals surface area contributed by atoms with Gasteiger partial charge < -0.3 is 13.8 Å². The quantitative estimate of drug-likeness (QED) is 0.415. The van der Waals surface area contributed by atoms with Crippen molar-refractivity contribution < 1.29 is 23.1 Å². The number of hydrogen-bond acceptors (Lipinski definition) is 5. The molecule has 0 aliphatic heterocycles. The Kier molecular flexibility index (Phi) is 7.20. The first kappa shape index (κ1) is 17.5. The molecule has 1 atom stereocenters. The van der Waals surface area contributed by atoms with E-state index in [1.165, 1.54) is 14.0 Å². The van der Waals surface area contributed by atoms with Crippen molar-refractivity contribution in [2.45, 2.75) is 20.3 Å². The molecule has 21 heavy (non-hydrogen) atoms. The van der Waals surface area contributed by atoms with Crippen LogP contribution in [0.4, 0.5) is 0 Å². The molecule has 116 valence electrons. The van der Waals surface area contributed by atoms with Crippen LogP contribution in [0.3, 0.4) is 0 Å². The molecule has 0 heterocycles. The van der Waals surface area contributed by atoms with Crippen LogP contribution in [-0.2, 0) is 18.6 Å². The average molecular weight is 312 g/mol. The fraction of sp³-hybridized carbons (Fsp3) is 0.400. The third kappa shape index (κ3) is 7.11. The van der Waals surface area contributed by atoms with Crippen LogP contribution in [-0.4, -0.2) is 25.8 Å². The molecule has 6 heteroatoms. The van der Waals surface area contributed by atoms with E-state index in [0.29, 0.717) is 12.2 Å². The minimum absolute atomic E-state index is 0.242. The van der Waals surface area contributed by atoms with Crippen LogP contribution in [0.1, 0.15) is 20.3 Å². The molecule has 0 aliphatic rings. The molecule has 0 saturated heterocycles. The normalized spacial score (nSPS) is 14.3. The lowest BCUT2D eigenvalue weighted by Gasteiger charge is -2.16. The summed E-state index contributed by atoms with van der Waals surface area (Å²) in [5, 5.41) is 0. The Bertz CT molecular complexity index is 524. The molecule has 1 aromatic rings. The van der Waals surface area contributed by atoms with Gasteiger partial charge in [0.05, 0.1) is 6.16 Å². The number of allylic oxidation sites excluding steroid dienone is 1. The van der Waals surface area contributed by atoms with Crippen molar-refractivity contribution in [3.05, 3.63) is 42.0 Å². The van der Waals surface area contributed by atoms with Crippen molar-refractivity contribution in [3.63, 3.8) is 0 Å². The SMILES string of the molecule is COP(=O)(CC/C=C(\C)COC(C)=O)Oc1ccccc1. The van der Waals surface area contributed by atoms with E-state index in [-0.39, 0.29) is 18.7 Å². The monoisotopic (exact) mass is 312 g/mol. The molecule has 0 saturated carbocycles. The Labute approximate surface area is 125 Å². The first-order valence-corrected chi connectivity index (χ1v) is 8.36. The zero-order chi connectivity index (χ0) is 15.7. The highest BCUT2D eigenvalue weighted by Crippen LogP contribution is 2.48. The van der Waals surface area contributed by atoms with E-state index >= 15 is 0 Å². The van der Waals surface area contributed by atoms with Crippen molar-refractivity contribution >= 4 is 13.6 Å². The fourth-order valence-corrected chi connectivity index (χ4v) is 2.80. The second-order valence-corrected chi connectivity index (χ2v) is 6.76. The number of carbonyl (C=O) groups excluding carboxylic acids is 1. The smallest absolute Gasteiger partial charge is 0.379 e. The lowest BCUT2D eigenvalue weighted by atomic mass is 10.3. The highest BCUT2D eigenvalue weighted by Gasteiger charge is 2.23. The summed E-state index contributed by atoms with van der Waals surface area (Å²) >= 11 is 0. The van der Waals surface area contributed by atoms with Gasteiger partial charge in [-0.1, -0.05) is 24.3 Å². The van der Waals surface area contributed by atoms with E-state index in [9.17, 15) is 9.36 Å². The zero-order valence-corrected chi connectivity index (χ0v) is 13.5. The van der Waals surface area contributed by atoms with Crippen LogP contribution in [0.2, 0.25) is 0 Å². The summed E-state index contributed by atoms with van der Waals surface area (Å²) < 4.78 is 27.8. The topological polar surface area (TPSA) is 61.8 Å². The lowest BCUT2D eigenvalue weighted by molar-refractivity contribution is -0.139. The van der Waals surface area contributed by atoms with Gasteiger partial charge in [0, 0.05) is 14.0 Å². The molecule has 1 unspecified atom stereocenters. The van der Waals surface area contributed by atoms with Crippen molar-refractivity contribution in [1.82, 2.24) is 0 Å². The summed E-state index contributed by atoms with van der Waals surface area (Å²) in [5.74, 6) is 0.195. The highest BCUT2D eigenvalue weighted by atomic mass is 31.2. The van der Waals surface area contributed by atoms with E-state index in [1.807, 2.05) is 19.1 Å². The third-order valence-electron chi connectivity index (χ3n) is 2.66. The number of rotatable bonds is 8. The van der Waals surface area contributed by atoms with Gasteiger partial charge in [-0.05, 0) is 31.1 Å².